The first kappa shape index (κ1) is 20.5. The number of hydrogen-bond acceptors (Lipinski definition) is 5. The topological polar surface area (TPSA) is 73.9 Å². The summed E-state index contributed by atoms with van der Waals surface area (Å²) in [6.07, 6.45) is 7.13. The molecule has 0 bridgehead atoms. The maximum absolute atomic E-state index is 12.8. The summed E-state index contributed by atoms with van der Waals surface area (Å²) in [6.45, 7) is 0.562. The molecule has 6 nitrogen and oxygen atoms in total. The Balaban J connectivity index is 1.33. The summed E-state index contributed by atoms with van der Waals surface area (Å²) in [5.41, 5.74) is 7.02. The first-order chi connectivity index (χ1) is 16.7. The first-order valence-corrected chi connectivity index (χ1v) is 12.0. The molecular weight excluding hydrogens is 442 g/mol. The molecule has 0 saturated carbocycles. The second kappa shape index (κ2) is 8.68. The molecule has 1 aliphatic heterocycles. The Kier molecular flexibility index (Phi) is 5.24. The summed E-state index contributed by atoms with van der Waals surface area (Å²) in [7, 11) is 0. The van der Waals surface area contributed by atoms with Gasteiger partial charge in [-0.1, -0.05) is 36.4 Å². The van der Waals surface area contributed by atoms with Crippen molar-refractivity contribution in [2.75, 3.05) is 16.0 Å². The molecule has 34 heavy (non-hydrogen) atoms. The summed E-state index contributed by atoms with van der Waals surface area (Å²) in [6, 6.07) is 22.6. The number of hydrogen-bond donors (Lipinski definition) is 2. The molecule has 2 aromatic heterocycles. The fourth-order valence-corrected chi connectivity index (χ4v) is 5.14. The van der Waals surface area contributed by atoms with Gasteiger partial charge in [0.15, 0.2) is 0 Å². The SMILES string of the molecule is O=C1CSc2ccc(Nc3c[nH]c4ccc(-c5cncnc5)cc34)cc2N1Cc1ccccc1. The highest BCUT2D eigenvalue weighted by Crippen LogP contribution is 2.39. The summed E-state index contributed by atoms with van der Waals surface area (Å²) >= 11 is 1.59. The second-order valence-electron chi connectivity index (χ2n) is 8.15. The minimum Gasteiger partial charge on any atom is -0.359 e. The lowest BCUT2D eigenvalue weighted by Crippen LogP contribution is -2.34. The molecule has 0 atom stereocenters. The molecule has 3 aromatic carbocycles. The highest BCUT2D eigenvalue weighted by atomic mass is 32.2. The van der Waals surface area contributed by atoms with Gasteiger partial charge >= 0.3 is 0 Å². The van der Waals surface area contributed by atoms with Crippen LogP contribution < -0.4 is 10.2 Å². The van der Waals surface area contributed by atoms with Crippen LogP contribution in [-0.2, 0) is 11.3 Å². The number of aromatic amines is 1. The Morgan fingerprint density at radius 1 is 0.971 bits per heavy atom. The van der Waals surface area contributed by atoms with E-state index >= 15 is 0 Å². The van der Waals surface area contributed by atoms with Crippen molar-refractivity contribution in [2.45, 2.75) is 11.4 Å². The van der Waals surface area contributed by atoms with E-state index in [0.29, 0.717) is 12.3 Å². The number of thioether (sulfide) groups is 1. The first-order valence-electron chi connectivity index (χ1n) is 11.0. The zero-order chi connectivity index (χ0) is 22.9. The van der Waals surface area contributed by atoms with Crippen LogP contribution in [0, 0.1) is 0 Å². The Morgan fingerprint density at radius 2 is 1.82 bits per heavy atom. The van der Waals surface area contributed by atoms with E-state index in [1.165, 1.54) is 6.33 Å². The lowest BCUT2D eigenvalue weighted by Gasteiger charge is -2.29. The molecule has 0 saturated heterocycles. The van der Waals surface area contributed by atoms with Gasteiger partial charge in [0.25, 0.3) is 0 Å². The van der Waals surface area contributed by atoms with E-state index in [0.717, 1.165) is 49.6 Å². The molecule has 0 fully saturated rings. The van der Waals surface area contributed by atoms with E-state index in [1.807, 2.05) is 41.7 Å². The number of aromatic nitrogens is 3. The van der Waals surface area contributed by atoms with E-state index in [1.54, 1.807) is 11.8 Å². The monoisotopic (exact) mass is 463 g/mol. The van der Waals surface area contributed by atoms with Gasteiger partial charge in [0.05, 0.1) is 23.7 Å². The number of fused-ring (bicyclic) bond motifs is 2. The average Bonchev–Trinajstić information content (AvgIpc) is 3.29. The summed E-state index contributed by atoms with van der Waals surface area (Å²) in [5.74, 6) is 0.585. The van der Waals surface area contributed by atoms with Crippen LogP contribution in [0.2, 0.25) is 0 Å². The standard InChI is InChI=1S/C27H21N5OS/c33-27-16-34-26-9-7-21(11-25(26)32(27)15-18-4-2-1-3-5-18)31-24-14-30-23-8-6-19(10-22(23)24)20-12-28-17-29-13-20/h1-14,17,30-31H,15-16H2. The normalized spacial score (nSPS) is 13.2. The highest BCUT2D eigenvalue weighted by molar-refractivity contribution is 8.00. The molecule has 0 spiro atoms. The predicted molar refractivity (Wildman–Crippen MR) is 137 cm³/mol. The van der Waals surface area contributed by atoms with Gasteiger partial charge in [-0.15, -0.1) is 11.8 Å². The van der Waals surface area contributed by atoms with Crippen molar-refractivity contribution in [1.82, 2.24) is 15.0 Å². The zero-order valence-electron chi connectivity index (χ0n) is 18.2. The van der Waals surface area contributed by atoms with Gasteiger partial charge in [-0.05, 0) is 41.5 Å². The van der Waals surface area contributed by atoms with Crippen LogP contribution in [0.3, 0.4) is 0 Å². The van der Waals surface area contributed by atoms with Gasteiger partial charge in [0, 0.05) is 45.6 Å². The predicted octanol–water partition coefficient (Wildman–Crippen LogP) is 6.01. The molecule has 7 heteroatoms. The minimum absolute atomic E-state index is 0.125. The number of anilines is 3. The van der Waals surface area contributed by atoms with Crippen LogP contribution >= 0.6 is 11.8 Å². The lowest BCUT2D eigenvalue weighted by atomic mass is 10.1. The molecule has 0 radical (unpaired) electrons. The largest absolute Gasteiger partial charge is 0.359 e. The smallest absolute Gasteiger partial charge is 0.237 e. The molecule has 3 heterocycles. The number of carbonyl (C=O) groups excluding carboxylic acids is 1. The van der Waals surface area contributed by atoms with Crippen molar-refractivity contribution in [3.05, 3.63) is 97.2 Å². The number of nitrogens with zero attached hydrogens (tertiary/aromatic N) is 3. The van der Waals surface area contributed by atoms with E-state index < -0.39 is 0 Å². The van der Waals surface area contributed by atoms with E-state index in [2.05, 4.69) is 68.8 Å². The summed E-state index contributed by atoms with van der Waals surface area (Å²) in [4.78, 5) is 27.4. The molecule has 166 valence electrons. The third-order valence-corrected chi connectivity index (χ3v) is 6.99. The third kappa shape index (κ3) is 3.91. The summed E-state index contributed by atoms with van der Waals surface area (Å²) < 4.78 is 0. The quantitative estimate of drug-likeness (QED) is 0.334. The number of amides is 1. The maximum atomic E-state index is 12.8. The van der Waals surface area contributed by atoms with Crippen molar-refractivity contribution >= 4 is 45.6 Å². The van der Waals surface area contributed by atoms with Crippen molar-refractivity contribution in [2.24, 2.45) is 0 Å². The van der Waals surface area contributed by atoms with Crippen molar-refractivity contribution < 1.29 is 4.79 Å². The molecule has 1 aliphatic rings. The zero-order valence-corrected chi connectivity index (χ0v) is 19.0. The van der Waals surface area contributed by atoms with Crippen LogP contribution in [0.15, 0.2) is 96.5 Å². The lowest BCUT2D eigenvalue weighted by molar-refractivity contribution is -0.116. The molecule has 0 aliphatic carbocycles. The van der Waals surface area contributed by atoms with Gasteiger partial charge in [0.1, 0.15) is 6.33 Å². The Bertz CT molecular complexity index is 1480. The number of nitrogens with one attached hydrogen (secondary N) is 2. The van der Waals surface area contributed by atoms with Crippen LogP contribution in [0.25, 0.3) is 22.0 Å². The van der Waals surface area contributed by atoms with Crippen LogP contribution in [0.4, 0.5) is 17.1 Å². The molecule has 6 rings (SSSR count). The molecular formula is C27H21N5OS. The van der Waals surface area contributed by atoms with Crippen LogP contribution in [-0.4, -0.2) is 26.6 Å². The van der Waals surface area contributed by atoms with Crippen molar-refractivity contribution in [3.63, 3.8) is 0 Å². The van der Waals surface area contributed by atoms with Crippen LogP contribution in [0.1, 0.15) is 5.56 Å². The second-order valence-corrected chi connectivity index (χ2v) is 9.17. The van der Waals surface area contributed by atoms with Crippen molar-refractivity contribution in [1.29, 1.82) is 0 Å². The minimum atomic E-state index is 0.125. The number of carbonyl (C=O) groups is 1. The Labute approximate surface area is 201 Å². The fraction of sp³-hybridized carbons (Fsp3) is 0.0741. The van der Waals surface area contributed by atoms with Gasteiger partial charge in [0.2, 0.25) is 5.91 Å². The highest BCUT2D eigenvalue weighted by Gasteiger charge is 2.25. The van der Waals surface area contributed by atoms with Crippen molar-refractivity contribution in [3.8, 4) is 11.1 Å². The average molecular weight is 464 g/mol. The van der Waals surface area contributed by atoms with Gasteiger partial charge in [-0.25, -0.2) is 9.97 Å². The van der Waals surface area contributed by atoms with Gasteiger partial charge in [-0.3, -0.25) is 4.79 Å². The number of benzene rings is 3. The van der Waals surface area contributed by atoms with E-state index in [4.69, 9.17) is 0 Å². The molecule has 0 unspecified atom stereocenters. The maximum Gasteiger partial charge on any atom is 0.237 e. The Morgan fingerprint density at radius 3 is 2.68 bits per heavy atom. The van der Waals surface area contributed by atoms with E-state index in [-0.39, 0.29) is 5.91 Å². The fourth-order valence-electron chi connectivity index (χ4n) is 4.23. The molecule has 5 aromatic rings. The van der Waals surface area contributed by atoms with E-state index in [9.17, 15) is 4.79 Å². The number of rotatable bonds is 5. The summed E-state index contributed by atoms with van der Waals surface area (Å²) in [5, 5.41) is 4.62. The molecule has 1 amide bonds. The Hall–Kier alpha value is -4.10. The third-order valence-electron chi connectivity index (χ3n) is 5.94. The van der Waals surface area contributed by atoms with Gasteiger partial charge in [-0.2, -0.15) is 0 Å². The number of H-pyrrole nitrogens is 1. The van der Waals surface area contributed by atoms with Crippen LogP contribution in [0.5, 0.6) is 0 Å². The molecule has 2 N–H and O–H groups in total. The van der Waals surface area contributed by atoms with Gasteiger partial charge < -0.3 is 15.2 Å².